The number of ether oxygens (including phenoxy) is 4. The number of carbonyl (C=O) groups is 1. The Hall–Kier alpha value is -1.95. The molecule has 1 unspecified atom stereocenters. The molecule has 1 fully saturated rings. The number of morpholine rings is 1. The molecule has 1 aromatic carbocycles. The summed E-state index contributed by atoms with van der Waals surface area (Å²) >= 11 is 0. The number of hydrogen-bond acceptors (Lipinski definition) is 5. The highest BCUT2D eigenvalue weighted by Crippen LogP contribution is 2.39. The Balaban J connectivity index is 2.36. The molecule has 1 aromatic rings. The van der Waals surface area contributed by atoms with Gasteiger partial charge >= 0.3 is 0 Å². The van der Waals surface area contributed by atoms with Crippen molar-refractivity contribution in [3.63, 3.8) is 0 Å². The van der Waals surface area contributed by atoms with Crippen LogP contribution < -0.4 is 14.2 Å². The smallest absolute Gasteiger partial charge is 0.254 e. The van der Waals surface area contributed by atoms with Gasteiger partial charge in [-0.3, -0.25) is 4.79 Å². The highest BCUT2D eigenvalue weighted by Gasteiger charge is 2.25. The summed E-state index contributed by atoms with van der Waals surface area (Å²) in [6.45, 7) is 10.9. The van der Waals surface area contributed by atoms with E-state index >= 15 is 0 Å². The molecule has 1 heterocycles. The molecule has 24 heavy (non-hydrogen) atoms. The van der Waals surface area contributed by atoms with Gasteiger partial charge in [0.2, 0.25) is 5.75 Å². The maximum Gasteiger partial charge on any atom is 0.254 e. The van der Waals surface area contributed by atoms with Crippen LogP contribution in [0.2, 0.25) is 0 Å². The zero-order valence-corrected chi connectivity index (χ0v) is 15.0. The van der Waals surface area contributed by atoms with E-state index in [2.05, 4.69) is 0 Å². The fraction of sp³-hybridized carbons (Fsp3) is 0.611. The monoisotopic (exact) mass is 337 g/mol. The van der Waals surface area contributed by atoms with Crippen LogP contribution in [0, 0.1) is 0 Å². The Morgan fingerprint density at radius 3 is 2.21 bits per heavy atom. The minimum absolute atomic E-state index is 0.0446. The van der Waals surface area contributed by atoms with Gasteiger partial charge in [-0.2, -0.15) is 0 Å². The lowest BCUT2D eigenvalue weighted by Gasteiger charge is -2.31. The van der Waals surface area contributed by atoms with E-state index in [-0.39, 0.29) is 12.0 Å². The average molecular weight is 337 g/mol. The van der Waals surface area contributed by atoms with Crippen molar-refractivity contribution in [3.8, 4) is 17.2 Å². The van der Waals surface area contributed by atoms with E-state index in [1.54, 1.807) is 17.0 Å². The standard InChI is InChI=1S/C18H27NO5/c1-5-21-15-10-14(11-16(22-6-2)17(15)23-7-3)18(20)19-8-9-24-13(4)12-19/h10-11,13H,5-9,12H2,1-4H3. The summed E-state index contributed by atoms with van der Waals surface area (Å²) in [5.74, 6) is 1.58. The maximum absolute atomic E-state index is 12.8. The van der Waals surface area contributed by atoms with E-state index in [9.17, 15) is 4.79 Å². The van der Waals surface area contributed by atoms with E-state index in [1.165, 1.54) is 0 Å². The average Bonchev–Trinajstić information content (AvgIpc) is 2.57. The SMILES string of the molecule is CCOc1cc(C(=O)N2CCOC(C)C2)cc(OCC)c1OCC. The molecule has 0 bridgehead atoms. The van der Waals surface area contributed by atoms with Crippen LogP contribution in [0.1, 0.15) is 38.1 Å². The summed E-state index contributed by atoms with van der Waals surface area (Å²) in [4.78, 5) is 14.6. The molecule has 6 heteroatoms. The Kier molecular flexibility index (Phi) is 6.73. The summed E-state index contributed by atoms with van der Waals surface area (Å²) in [7, 11) is 0. The predicted molar refractivity (Wildman–Crippen MR) is 91.3 cm³/mol. The molecule has 1 saturated heterocycles. The lowest BCUT2D eigenvalue weighted by molar-refractivity contribution is -0.0124. The first-order valence-corrected chi connectivity index (χ1v) is 8.57. The molecule has 134 valence electrons. The molecule has 6 nitrogen and oxygen atoms in total. The summed E-state index contributed by atoms with van der Waals surface area (Å²) in [6, 6.07) is 3.47. The molecule has 1 atom stereocenters. The molecule has 1 aliphatic rings. The maximum atomic E-state index is 12.8. The molecular weight excluding hydrogens is 310 g/mol. The highest BCUT2D eigenvalue weighted by atomic mass is 16.5. The number of hydrogen-bond donors (Lipinski definition) is 0. The molecular formula is C18H27NO5. The Morgan fingerprint density at radius 2 is 1.71 bits per heavy atom. The minimum Gasteiger partial charge on any atom is -0.490 e. The van der Waals surface area contributed by atoms with Crippen molar-refractivity contribution in [3.05, 3.63) is 17.7 Å². The summed E-state index contributed by atoms with van der Waals surface area (Å²) in [5.41, 5.74) is 0.541. The second-order valence-electron chi connectivity index (χ2n) is 5.53. The predicted octanol–water partition coefficient (Wildman–Crippen LogP) is 2.74. The van der Waals surface area contributed by atoms with Crippen LogP contribution in [-0.2, 0) is 4.74 Å². The van der Waals surface area contributed by atoms with Gasteiger partial charge in [-0.1, -0.05) is 0 Å². The molecule has 0 N–H and O–H groups in total. The lowest BCUT2D eigenvalue weighted by atomic mass is 10.1. The summed E-state index contributed by atoms with van der Waals surface area (Å²) < 4.78 is 22.5. The molecule has 1 aliphatic heterocycles. The molecule has 0 aromatic heterocycles. The number of amides is 1. The lowest BCUT2D eigenvalue weighted by Crippen LogP contribution is -2.44. The van der Waals surface area contributed by atoms with Crippen LogP contribution >= 0.6 is 0 Å². The quantitative estimate of drug-likeness (QED) is 0.766. The molecule has 0 radical (unpaired) electrons. The normalized spacial score (nSPS) is 17.5. The van der Waals surface area contributed by atoms with E-state index in [0.29, 0.717) is 62.3 Å². The second-order valence-corrected chi connectivity index (χ2v) is 5.53. The molecule has 0 spiro atoms. The van der Waals surface area contributed by atoms with Crippen LogP contribution in [0.4, 0.5) is 0 Å². The first-order valence-electron chi connectivity index (χ1n) is 8.57. The zero-order valence-electron chi connectivity index (χ0n) is 15.0. The van der Waals surface area contributed by atoms with Crippen LogP contribution in [0.3, 0.4) is 0 Å². The third-order valence-electron chi connectivity index (χ3n) is 3.68. The molecule has 1 amide bonds. The third kappa shape index (κ3) is 4.32. The van der Waals surface area contributed by atoms with Gasteiger partial charge in [0.15, 0.2) is 11.5 Å². The van der Waals surface area contributed by atoms with Gasteiger partial charge < -0.3 is 23.8 Å². The van der Waals surface area contributed by atoms with E-state index in [1.807, 2.05) is 27.7 Å². The second kappa shape index (κ2) is 8.78. The number of nitrogens with zero attached hydrogens (tertiary/aromatic N) is 1. The third-order valence-corrected chi connectivity index (χ3v) is 3.68. The molecule has 0 aliphatic carbocycles. The topological polar surface area (TPSA) is 57.2 Å². The summed E-state index contributed by atoms with van der Waals surface area (Å²) in [6.07, 6.45) is 0.0446. The van der Waals surface area contributed by atoms with Crippen LogP contribution in [-0.4, -0.2) is 56.4 Å². The van der Waals surface area contributed by atoms with Gasteiger partial charge in [0.1, 0.15) is 0 Å². The van der Waals surface area contributed by atoms with Crippen molar-refractivity contribution in [1.82, 2.24) is 4.90 Å². The van der Waals surface area contributed by atoms with Crippen molar-refractivity contribution in [2.24, 2.45) is 0 Å². The Bertz CT molecular complexity index is 533. The van der Waals surface area contributed by atoms with Crippen molar-refractivity contribution in [2.75, 3.05) is 39.5 Å². The van der Waals surface area contributed by atoms with Gasteiger partial charge in [0, 0.05) is 18.7 Å². The van der Waals surface area contributed by atoms with Crippen molar-refractivity contribution < 1.29 is 23.7 Å². The molecule has 2 rings (SSSR count). The van der Waals surface area contributed by atoms with Crippen LogP contribution in [0.25, 0.3) is 0 Å². The van der Waals surface area contributed by atoms with Gasteiger partial charge in [-0.25, -0.2) is 0 Å². The first kappa shape index (κ1) is 18.4. The zero-order chi connectivity index (χ0) is 17.5. The van der Waals surface area contributed by atoms with Gasteiger partial charge in [0.05, 0.1) is 32.5 Å². The van der Waals surface area contributed by atoms with Crippen molar-refractivity contribution in [1.29, 1.82) is 0 Å². The van der Waals surface area contributed by atoms with Crippen molar-refractivity contribution >= 4 is 5.91 Å². The van der Waals surface area contributed by atoms with Gasteiger partial charge in [-0.05, 0) is 39.8 Å². The summed E-state index contributed by atoms with van der Waals surface area (Å²) in [5, 5.41) is 0. The fourth-order valence-electron chi connectivity index (χ4n) is 2.70. The van der Waals surface area contributed by atoms with Gasteiger partial charge in [-0.15, -0.1) is 0 Å². The highest BCUT2D eigenvalue weighted by molar-refractivity contribution is 5.95. The fourth-order valence-corrected chi connectivity index (χ4v) is 2.70. The van der Waals surface area contributed by atoms with E-state index in [0.717, 1.165) is 0 Å². The Morgan fingerprint density at radius 1 is 1.12 bits per heavy atom. The largest absolute Gasteiger partial charge is 0.490 e. The minimum atomic E-state index is -0.0462. The molecule has 0 saturated carbocycles. The number of benzene rings is 1. The van der Waals surface area contributed by atoms with E-state index < -0.39 is 0 Å². The van der Waals surface area contributed by atoms with Crippen LogP contribution in [0.15, 0.2) is 12.1 Å². The van der Waals surface area contributed by atoms with Gasteiger partial charge in [0.25, 0.3) is 5.91 Å². The number of rotatable bonds is 7. The van der Waals surface area contributed by atoms with E-state index in [4.69, 9.17) is 18.9 Å². The Labute approximate surface area is 143 Å². The number of carbonyl (C=O) groups excluding carboxylic acids is 1. The van der Waals surface area contributed by atoms with Crippen LogP contribution in [0.5, 0.6) is 17.2 Å². The first-order chi connectivity index (χ1) is 11.6. The van der Waals surface area contributed by atoms with Crippen molar-refractivity contribution in [2.45, 2.75) is 33.8 Å².